The van der Waals surface area contributed by atoms with E-state index in [4.69, 9.17) is 4.98 Å². The molecule has 0 bridgehead atoms. The summed E-state index contributed by atoms with van der Waals surface area (Å²) in [6, 6.07) is 6.68. The number of hydrogen-bond acceptors (Lipinski definition) is 4. The zero-order valence-electron chi connectivity index (χ0n) is 14.4. The predicted molar refractivity (Wildman–Crippen MR) is 95.9 cm³/mol. The van der Waals surface area contributed by atoms with Crippen LogP contribution in [0.1, 0.15) is 43.6 Å². The smallest absolute Gasteiger partial charge is 0.330 e. The molecule has 1 atom stereocenters. The molecule has 128 valence electrons. The van der Waals surface area contributed by atoms with Crippen LogP contribution in [0.15, 0.2) is 24.3 Å². The second-order valence-electron chi connectivity index (χ2n) is 6.25. The van der Waals surface area contributed by atoms with Crippen LogP contribution in [0.2, 0.25) is 0 Å². The van der Waals surface area contributed by atoms with Crippen molar-refractivity contribution >= 4 is 23.1 Å². The van der Waals surface area contributed by atoms with E-state index < -0.39 is 0 Å². The molecule has 1 aliphatic heterocycles. The van der Waals surface area contributed by atoms with E-state index in [1.165, 1.54) is 30.9 Å². The Bertz CT molecular complexity index is 742. The number of esters is 1. The normalized spacial score (nSPS) is 17.8. The van der Waals surface area contributed by atoms with Gasteiger partial charge in [0, 0.05) is 25.1 Å². The zero-order chi connectivity index (χ0) is 16.9. The second-order valence-corrected chi connectivity index (χ2v) is 6.25. The number of nitrogens with zero attached hydrogens (tertiary/aromatic N) is 2. The number of carbonyl (C=O) groups excluding carboxylic acids is 1. The second kappa shape index (κ2) is 7.62. The predicted octanol–water partition coefficient (Wildman–Crippen LogP) is 3.10. The molecule has 1 aromatic carbocycles. The van der Waals surface area contributed by atoms with E-state index in [0.717, 1.165) is 43.4 Å². The summed E-state index contributed by atoms with van der Waals surface area (Å²) in [4.78, 5) is 16.2. The largest absolute Gasteiger partial charge is 0.466 e. The molecule has 1 fully saturated rings. The number of rotatable bonds is 6. The van der Waals surface area contributed by atoms with E-state index in [-0.39, 0.29) is 5.97 Å². The van der Waals surface area contributed by atoms with Gasteiger partial charge >= 0.3 is 5.97 Å². The standard InChI is InChI=1S/C19H25N3O2/c1-3-4-5-18-21-16-12-14(7-9-19(23)24-2)6-8-17(16)22(18)15-10-11-20-13-15/h6-9,12,15,20H,3-5,10-11,13H2,1-2H3. The van der Waals surface area contributed by atoms with Crippen LogP contribution in [0.5, 0.6) is 0 Å². The first kappa shape index (κ1) is 16.7. The quantitative estimate of drug-likeness (QED) is 0.654. The number of aryl methyl sites for hydroxylation is 1. The van der Waals surface area contributed by atoms with E-state index in [1.807, 2.05) is 12.1 Å². The van der Waals surface area contributed by atoms with Gasteiger partial charge in [0.05, 0.1) is 18.1 Å². The van der Waals surface area contributed by atoms with Crippen molar-refractivity contribution in [3.63, 3.8) is 0 Å². The van der Waals surface area contributed by atoms with E-state index >= 15 is 0 Å². The van der Waals surface area contributed by atoms with Crippen LogP contribution in [0.4, 0.5) is 0 Å². The maximum absolute atomic E-state index is 11.3. The van der Waals surface area contributed by atoms with Crippen molar-refractivity contribution in [2.24, 2.45) is 0 Å². The van der Waals surface area contributed by atoms with Gasteiger partial charge in [0.2, 0.25) is 0 Å². The summed E-state index contributed by atoms with van der Waals surface area (Å²) in [5, 5.41) is 3.45. The molecular formula is C19H25N3O2. The van der Waals surface area contributed by atoms with Crippen LogP contribution in [-0.2, 0) is 16.0 Å². The molecule has 2 aromatic rings. The zero-order valence-corrected chi connectivity index (χ0v) is 14.4. The number of ether oxygens (including phenoxy) is 1. The van der Waals surface area contributed by atoms with Gasteiger partial charge in [-0.05, 0) is 43.2 Å². The Hall–Kier alpha value is -2.14. The van der Waals surface area contributed by atoms with Crippen molar-refractivity contribution in [1.82, 2.24) is 14.9 Å². The van der Waals surface area contributed by atoms with E-state index in [0.29, 0.717) is 6.04 Å². The Morgan fingerprint density at radius 2 is 2.38 bits per heavy atom. The molecule has 1 unspecified atom stereocenters. The van der Waals surface area contributed by atoms with Crippen LogP contribution in [0.3, 0.4) is 0 Å². The molecule has 2 heterocycles. The molecular weight excluding hydrogens is 302 g/mol. The highest BCUT2D eigenvalue weighted by Gasteiger charge is 2.22. The van der Waals surface area contributed by atoms with Gasteiger partial charge in [-0.3, -0.25) is 0 Å². The monoisotopic (exact) mass is 327 g/mol. The summed E-state index contributed by atoms with van der Waals surface area (Å²) in [7, 11) is 1.38. The third-order valence-electron chi connectivity index (χ3n) is 4.55. The first-order valence-corrected chi connectivity index (χ1v) is 8.70. The van der Waals surface area contributed by atoms with Crippen LogP contribution in [0.25, 0.3) is 17.1 Å². The van der Waals surface area contributed by atoms with Gasteiger partial charge in [-0.15, -0.1) is 0 Å². The highest BCUT2D eigenvalue weighted by atomic mass is 16.5. The van der Waals surface area contributed by atoms with Crippen molar-refractivity contribution < 1.29 is 9.53 Å². The minimum absolute atomic E-state index is 0.346. The minimum atomic E-state index is -0.346. The summed E-state index contributed by atoms with van der Waals surface area (Å²) in [5.41, 5.74) is 3.15. The van der Waals surface area contributed by atoms with Crippen molar-refractivity contribution in [2.75, 3.05) is 20.2 Å². The number of benzene rings is 1. The maximum atomic E-state index is 11.3. The molecule has 0 spiro atoms. The fourth-order valence-corrected chi connectivity index (χ4v) is 3.28. The van der Waals surface area contributed by atoms with Crippen LogP contribution in [-0.4, -0.2) is 35.7 Å². The van der Waals surface area contributed by atoms with Crippen molar-refractivity contribution in [3.8, 4) is 0 Å². The lowest BCUT2D eigenvalue weighted by Crippen LogP contribution is -2.15. The molecule has 24 heavy (non-hydrogen) atoms. The average Bonchev–Trinajstić information content (AvgIpc) is 3.24. The number of aromatic nitrogens is 2. The Labute approximate surface area is 142 Å². The fraction of sp³-hybridized carbons (Fsp3) is 0.474. The van der Waals surface area contributed by atoms with E-state index in [1.54, 1.807) is 6.08 Å². The molecule has 0 saturated carbocycles. The Balaban J connectivity index is 1.97. The maximum Gasteiger partial charge on any atom is 0.330 e. The highest BCUT2D eigenvalue weighted by Crippen LogP contribution is 2.27. The first-order chi connectivity index (χ1) is 11.7. The van der Waals surface area contributed by atoms with Crippen molar-refractivity contribution in [1.29, 1.82) is 0 Å². The molecule has 3 rings (SSSR count). The molecule has 0 amide bonds. The van der Waals surface area contributed by atoms with Gasteiger partial charge in [0.1, 0.15) is 5.82 Å². The Kier molecular flexibility index (Phi) is 5.30. The fourth-order valence-electron chi connectivity index (χ4n) is 3.28. The number of unbranched alkanes of at least 4 members (excludes halogenated alkanes) is 1. The van der Waals surface area contributed by atoms with Crippen LogP contribution < -0.4 is 5.32 Å². The van der Waals surface area contributed by atoms with Gasteiger partial charge in [0.15, 0.2) is 0 Å². The molecule has 1 aliphatic rings. The SMILES string of the molecule is CCCCc1nc2cc(C=CC(=O)OC)ccc2n1C1CCNC1. The molecule has 1 aromatic heterocycles. The van der Waals surface area contributed by atoms with Crippen LogP contribution >= 0.6 is 0 Å². The van der Waals surface area contributed by atoms with Gasteiger partial charge in [-0.25, -0.2) is 9.78 Å². The Morgan fingerprint density at radius 1 is 1.50 bits per heavy atom. The number of methoxy groups -OCH3 is 1. The van der Waals surface area contributed by atoms with E-state index in [9.17, 15) is 4.79 Å². The summed E-state index contributed by atoms with van der Waals surface area (Å²) >= 11 is 0. The third-order valence-corrected chi connectivity index (χ3v) is 4.55. The molecule has 0 aliphatic carbocycles. The summed E-state index contributed by atoms with van der Waals surface area (Å²) in [6.45, 7) is 4.28. The molecule has 0 radical (unpaired) electrons. The average molecular weight is 327 g/mol. The number of hydrogen-bond donors (Lipinski definition) is 1. The number of nitrogens with one attached hydrogen (secondary N) is 1. The topological polar surface area (TPSA) is 56.1 Å². The van der Waals surface area contributed by atoms with Crippen molar-refractivity contribution in [3.05, 3.63) is 35.7 Å². The molecule has 5 nitrogen and oxygen atoms in total. The van der Waals surface area contributed by atoms with Crippen LogP contribution in [0, 0.1) is 0 Å². The molecule has 1 N–H and O–H groups in total. The number of fused-ring (bicyclic) bond motifs is 1. The third kappa shape index (κ3) is 3.51. The summed E-state index contributed by atoms with van der Waals surface area (Å²) < 4.78 is 7.06. The molecule has 5 heteroatoms. The molecule has 1 saturated heterocycles. The van der Waals surface area contributed by atoms with Gasteiger partial charge in [-0.2, -0.15) is 0 Å². The number of imidazole rings is 1. The lowest BCUT2D eigenvalue weighted by molar-refractivity contribution is -0.134. The van der Waals surface area contributed by atoms with Gasteiger partial charge in [-0.1, -0.05) is 19.4 Å². The summed E-state index contributed by atoms with van der Waals surface area (Å²) in [6.07, 6.45) is 7.69. The van der Waals surface area contributed by atoms with Gasteiger partial charge < -0.3 is 14.6 Å². The van der Waals surface area contributed by atoms with Crippen molar-refractivity contribution in [2.45, 2.75) is 38.6 Å². The van der Waals surface area contributed by atoms with E-state index in [2.05, 4.69) is 27.6 Å². The summed E-state index contributed by atoms with van der Waals surface area (Å²) in [5.74, 6) is 0.830. The Morgan fingerprint density at radius 3 is 3.08 bits per heavy atom. The minimum Gasteiger partial charge on any atom is -0.466 e. The lowest BCUT2D eigenvalue weighted by atomic mass is 10.1. The lowest BCUT2D eigenvalue weighted by Gasteiger charge is -2.15. The van der Waals surface area contributed by atoms with Gasteiger partial charge in [0.25, 0.3) is 0 Å². The highest BCUT2D eigenvalue weighted by molar-refractivity contribution is 5.88. The first-order valence-electron chi connectivity index (χ1n) is 8.70. The number of carbonyl (C=O) groups is 1.